The summed E-state index contributed by atoms with van der Waals surface area (Å²) < 4.78 is 25.8. The van der Waals surface area contributed by atoms with Crippen molar-refractivity contribution < 1.29 is 18.9 Å². The van der Waals surface area contributed by atoms with Crippen LogP contribution in [0.5, 0.6) is 23.0 Å². The Morgan fingerprint density at radius 2 is 0.620 bits per heavy atom. The van der Waals surface area contributed by atoms with Crippen molar-refractivity contribution in [3.05, 3.63) is 47.5 Å². The first-order chi connectivity index (χ1) is 24.6. The molecule has 0 bridgehead atoms. The molecule has 0 saturated heterocycles. The summed E-state index contributed by atoms with van der Waals surface area (Å²) in [5, 5.41) is 6.30. The van der Waals surface area contributed by atoms with Crippen molar-refractivity contribution in [1.82, 2.24) is 0 Å². The van der Waals surface area contributed by atoms with E-state index in [2.05, 4.69) is 75.9 Å². The molecule has 0 spiro atoms. The van der Waals surface area contributed by atoms with Gasteiger partial charge in [0.25, 0.3) is 0 Å². The van der Waals surface area contributed by atoms with Crippen LogP contribution in [-0.2, 0) is 0 Å². The third-order valence-corrected chi connectivity index (χ3v) is 9.53. The Morgan fingerprint density at radius 3 is 0.900 bits per heavy atom. The molecule has 0 unspecified atom stereocenters. The summed E-state index contributed by atoms with van der Waals surface area (Å²) in [6.45, 7) is 11.5. The third-order valence-electron chi connectivity index (χ3n) is 9.53. The van der Waals surface area contributed by atoms with Crippen LogP contribution in [0.25, 0.3) is 32.3 Å². The van der Waals surface area contributed by atoms with Crippen LogP contribution >= 0.6 is 0 Å². The van der Waals surface area contributed by atoms with Gasteiger partial charge in [-0.05, 0) is 94.4 Å². The second kappa shape index (κ2) is 21.3. The Kier molecular flexibility index (Phi) is 16.5. The van der Waals surface area contributed by atoms with E-state index in [1.807, 2.05) is 0 Å². The number of hydrogen-bond acceptors (Lipinski definition) is 4. The van der Waals surface area contributed by atoms with E-state index in [0.717, 1.165) is 118 Å². The van der Waals surface area contributed by atoms with Gasteiger partial charge in [-0.3, -0.25) is 0 Å². The largest absolute Gasteiger partial charge is 0.492 e. The highest BCUT2D eigenvalue weighted by Gasteiger charge is 2.19. The molecule has 4 aromatic rings. The molecule has 0 aliphatic heterocycles. The lowest BCUT2D eigenvalue weighted by molar-refractivity contribution is 0.259. The standard InChI is InChI=1S/C46H60O4/c1-7-13-17-21-25-47-43-31-39-37(29-35(43)11-5)38-30-36(12-6)44(48-26-22-18-14-8-2)32-40(38)42-34-46(50-28-24-20-16-10-4)45(33-41(39)42)49-27-23-19-15-9-3/h5-6,29-34H,7-10,13-28H2,1-4H3. The maximum atomic E-state index is 6.51. The first kappa shape index (κ1) is 38.8. The minimum Gasteiger partial charge on any atom is -0.492 e. The zero-order valence-corrected chi connectivity index (χ0v) is 31.4. The highest BCUT2D eigenvalue weighted by atomic mass is 16.5. The Balaban J connectivity index is 1.91. The van der Waals surface area contributed by atoms with Crippen LogP contribution in [0.3, 0.4) is 0 Å². The lowest BCUT2D eigenvalue weighted by Crippen LogP contribution is -2.04. The first-order valence-corrected chi connectivity index (χ1v) is 19.6. The third kappa shape index (κ3) is 10.5. The number of terminal acetylenes is 2. The van der Waals surface area contributed by atoms with Gasteiger partial charge in [-0.15, -0.1) is 12.8 Å². The van der Waals surface area contributed by atoms with Crippen molar-refractivity contribution in [3.63, 3.8) is 0 Å². The lowest BCUT2D eigenvalue weighted by atomic mass is 9.91. The van der Waals surface area contributed by atoms with Gasteiger partial charge in [0.05, 0.1) is 37.6 Å². The number of unbranched alkanes of at least 4 members (excludes halogenated alkanes) is 12. The first-order valence-electron chi connectivity index (χ1n) is 19.6. The monoisotopic (exact) mass is 676 g/mol. The van der Waals surface area contributed by atoms with E-state index in [9.17, 15) is 0 Å². The Morgan fingerprint density at radius 1 is 0.360 bits per heavy atom. The molecule has 4 nitrogen and oxygen atoms in total. The van der Waals surface area contributed by atoms with E-state index >= 15 is 0 Å². The summed E-state index contributed by atoms with van der Waals surface area (Å²) in [5.74, 6) is 8.84. The highest BCUT2D eigenvalue weighted by Crippen LogP contribution is 2.44. The Hall–Kier alpha value is -4.02. The molecule has 0 aliphatic rings. The smallest absolute Gasteiger partial charge is 0.161 e. The normalized spacial score (nSPS) is 11.2. The van der Waals surface area contributed by atoms with Crippen LogP contribution in [0.15, 0.2) is 36.4 Å². The summed E-state index contributed by atoms with van der Waals surface area (Å²) in [6.07, 6.45) is 30.4. The molecule has 50 heavy (non-hydrogen) atoms. The van der Waals surface area contributed by atoms with Crippen LogP contribution in [0.1, 0.15) is 142 Å². The van der Waals surface area contributed by atoms with Gasteiger partial charge in [0.1, 0.15) is 11.5 Å². The van der Waals surface area contributed by atoms with Crippen molar-refractivity contribution in [2.75, 3.05) is 26.4 Å². The molecule has 4 aromatic carbocycles. The molecule has 0 atom stereocenters. The van der Waals surface area contributed by atoms with Crippen LogP contribution < -0.4 is 18.9 Å². The van der Waals surface area contributed by atoms with Crippen LogP contribution in [-0.4, -0.2) is 26.4 Å². The SMILES string of the molecule is C#Cc1cc2c3cc(C#C)c(OCCCCCC)cc3c3cc(OCCCCCC)c(OCCCCCC)cc3c2cc1OCCCCCC. The van der Waals surface area contributed by atoms with E-state index < -0.39 is 0 Å². The molecule has 0 amide bonds. The van der Waals surface area contributed by atoms with Crippen molar-refractivity contribution in [3.8, 4) is 47.7 Å². The minimum absolute atomic E-state index is 0.633. The molecular weight excluding hydrogens is 617 g/mol. The molecule has 268 valence electrons. The topological polar surface area (TPSA) is 36.9 Å². The zero-order chi connectivity index (χ0) is 35.6. The number of benzene rings is 4. The molecule has 0 fully saturated rings. The van der Waals surface area contributed by atoms with E-state index in [4.69, 9.17) is 31.8 Å². The fourth-order valence-electron chi connectivity index (χ4n) is 6.59. The predicted octanol–water partition coefficient (Wildman–Crippen LogP) is 12.9. The number of ether oxygens (including phenoxy) is 4. The summed E-state index contributed by atoms with van der Waals surface area (Å²) in [6, 6.07) is 12.8. The maximum absolute atomic E-state index is 6.51. The van der Waals surface area contributed by atoms with Gasteiger partial charge in [0, 0.05) is 0 Å². The number of rotatable bonds is 24. The van der Waals surface area contributed by atoms with Gasteiger partial charge >= 0.3 is 0 Å². The van der Waals surface area contributed by atoms with Gasteiger partial charge in [-0.2, -0.15) is 0 Å². The zero-order valence-electron chi connectivity index (χ0n) is 31.4. The van der Waals surface area contributed by atoms with Gasteiger partial charge < -0.3 is 18.9 Å². The van der Waals surface area contributed by atoms with Crippen LogP contribution in [0, 0.1) is 24.7 Å². The van der Waals surface area contributed by atoms with E-state index in [1.165, 1.54) is 51.4 Å². The van der Waals surface area contributed by atoms with E-state index in [0.29, 0.717) is 26.4 Å². The fourth-order valence-corrected chi connectivity index (χ4v) is 6.59. The van der Waals surface area contributed by atoms with Gasteiger partial charge in [0.15, 0.2) is 11.5 Å². The molecule has 4 rings (SSSR count). The average Bonchev–Trinajstić information content (AvgIpc) is 3.14. The molecule has 0 heterocycles. The van der Waals surface area contributed by atoms with E-state index in [-0.39, 0.29) is 0 Å². The lowest BCUT2D eigenvalue weighted by Gasteiger charge is -2.19. The molecule has 0 aromatic heterocycles. The van der Waals surface area contributed by atoms with Gasteiger partial charge in [0.2, 0.25) is 0 Å². The Bertz CT molecular complexity index is 1610. The molecular formula is C46H60O4. The summed E-state index contributed by atoms with van der Waals surface area (Å²) >= 11 is 0. The van der Waals surface area contributed by atoms with Crippen molar-refractivity contribution >= 4 is 32.3 Å². The minimum atomic E-state index is 0.633. The Labute approximate surface area is 302 Å². The average molecular weight is 677 g/mol. The van der Waals surface area contributed by atoms with E-state index in [1.54, 1.807) is 0 Å². The van der Waals surface area contributed by atoms with Gasteiger partial charge in [-0.1, -0.05) is 117 Å². The van der Waals surface area contributed by atoms with Crippen molar-refractivity contribution in [1.29, 1.82) is 0 Å². The number of hydrogen-bond donors (Lipinski definition) is 0. The van der Waals surface area contributed by atoms with Gasteiger partial charge in [-0.25, -0.2) is 0 Å². The molecule has 0 aliphatic carbocycles. The van der Waals surface area contributed by atoms with Crippen molar-refractivity contribution in [2.45, 2.75) is 130 Å². The fraction of sp³-hybridized carbons (Fsp3) is 0.522. The number of fused-ring (bicyclic) bond motifs is 6. The second-order valence-corrected chi connectivity index (χ2v) is 13.6. The molecule has 0 radical (unpaired) electrons. The van der Waals surface area contributed by atoms with Crippen LogP contribution in [0.4, 0.5) is 0 Å². The molecule has 4 heteroatoms. The second-order valence-electron chi connectivity index (χ2n) is 13.6. The maximum Gasteiger partial charge on any atom is 0.161 e. The summed E-state index contributed by atoms with van der Waals surface area (Å²) in [5.41, 5.74) is 1.48. The highest BCUT2D eigenvalue weighted by molar-refractivity contribution is 6.26. The summed E-state index contributed by atoms with van der Waals surface area (Å²) in [7, 11) is 0. The quantitative estimate of drug-likeness (QED) is 0.0420. The van der Waals surface area contributed by atoms with Crippen LogP contribution in [0.2, 0.25) is 0 Å². The molecule has 0 saturated carbocycles. The predicted molar refractivity (Wildman–Crippen MR) is 213 cm³/mol. The van der Waals surface area contributed by atoms with Crippen molar-refractivity contribution in [2.24, 2.45) is 0 Å². The summed E-state index contributed by atoms with van der Waals surface area (Å²) in [4.78, 5) is 0. The molecule has 0 N–H and O–H groups in total.